The molecule has 1 rings (SSSR count). The zero-order valence-electron chi connectivity index (χ0n) is 14.3. The Kier molecular flexibility index (Phi) is 8.57. The van der Waals surface area contributed by atoms with Crippen molar-refractivity contribution in [2.75, 3.05) is 27.3 Å². The molecule has 0 bridgehead atoms. The summed E-state index contributed by atoms with van der Waals surface area (Å²) in [5.74, 6) is -1.24. The molecule has 0 aliphatic heterocycles. The van der Waals surface area contributed by atoms with E-state index < -0.39 is 25.1 Å². The largest absolute Gasteiger partial charge is 0.493 e. The van der Waals surface area contributed by atoms with Crippen molar-refractivity contribution in [3.05, 3.63) is 29.8 Å². The van der Waals surface area contributed by atoms with Crippen molar-refractivity contribution >= 4 is 18.0 Å². The Morgan fingerprint density at radius 2 is 2.08 bits per heavy atom. The monoisotopic (exact) mass is 368 g/mol. The van der Waals surface area contributed by atoms with Gasteiger partial charge in [0.2, 0.25) is 0 Å². The molecule has 26 heavy (non-hydrogen) atoms. The first-order valence-electron chi connectivity index (χ1n) is 7.46. The third-order valence-corrected chi connectivity index (χ3v) is 3.14. The number of halogens is 2. The molecule has 0 aliphatic rings. The van der Waals surface area contributed by atoms with Crippen LogP contribution in [0, 0.1) is 11.3 Å². The molecule has 0 spiro atoms. The number of hydrogen-bond acceptors (Lipinski definition) is 6. The fraction of sp³-hybridized carbons (Fsp3) is 0.353. The van der Waals surface area contributed by atoms with Crippen LogP contribution in [0.2, 0.25) is 0 Å². The van der Waals surface area contributed by atoms with Crippen LogP contribution < -0.4 is 9.47 Å². The van der Waals surface area contributed by atoms with E-state index in [4.69, 9.17) is 14.7 Å². The van der Waals surface area contributed by atoms with Gasteiger partial charge in [-0.25, -0.2) is 4.79 Å². The number of carbonyl (C=O) groups is 2. The second kappa shape index (κ2) is 10.7. The maximum absolute atomic E-state index is 12.3. The molecule has 1 aromatic carbocycles. The van der Waals surface area contributed by atoms with Crippen LogP contribution in [0.5, 0.6) is 11.5 Å². The molecule has 140 valence electrons. The Morgan fingerprint density at radius 3 is 2.69 bits per heavy atom. The summed E-state index contributed by atoms with van der Waals surface area (Å²) in [4.78, 5) is 24.6. The lowest BCUT2D eigenvalue weighted by molar-refractivity contribution is -0.147. The van der Waals surface area contributed by atoms with Crippen molar-refractivity contribution in [1.82, 2.24) is 4.90 Å². The number of rotatable bonds is 9. The fourth-order valence-corrected chi connectivity index (χ4v) is 1.78. The average Bonchev–Trinajstić information content (AvgIpc) is 2.62. The van der Waals surface area contributed by atoms with Gasteiger partial charge in [-0.05, 0) is 23.8 Å². The summed E-state index contributed by atoms with van der Waals surface area (Å²) in [6, 6.07) is 6.04. The number of nitriles is 1. The van der Waals surface area contributed by atoms with Crippen molar-refractivity contribution in [2.45, 2.75) is 13.0 Å². The molecule has 0 unspecified atom stereocenters. The first kappa shape index (κ1) is 20.9. The van der Waals surface area contributed by atoms with E-state index in [1.807, 2.05) is 6.07 Å². The molecule has 0 aromatic heterocycles. The van der Waals surface area contributed by atoms with Crippen molar-refractivity contribution in [2.24, 2.45) is 0 Å². The lowest BCUT2D eigenvalue weighted by atomic mass is 10.2. The van der Waals surface area contributed by atoms with Crippen LogP contribution >= 0.6 is 0 Å². The normalized spacial score (nSPS) is 10.5. The number of alkyl halides is 2. The number of nitrogens with zero attached hydrogens (tertiary/aromatic N) is 2. The van der Waals surface area contributed by atoms with Gasteiger partial charge >= 0.3 is 12.6 Å². The molecule has 9 heteroatoms. The van der Waals surface area contributed by atoms with Gasteiger partial charge in [0.1, 0.15) is 0 Å². The number of hydrogen-bond donors (Lipinski definition) is 0. The molecular formula is C17H18F2N2O5. The van der Waals surface area contributed by atoms with Crippen LogP contribution in [-0.2, 0) is 14.3 Å². The molecule has 7 nitrogen and oxygen atoms in total. The highest BCUT2D eigenvalue weighted by Crippen LogP contribution is 2.29. The van der Waals surface area contributed by atoms with E-state index in [0.717, 1.165) is 6.08 Å². The van der Waals surface area contributed by atoms with E-state index in [9.17, 15) is 18.4 Å². The van der Waals surface area contributed by atoms with Gasteiger partial charge in [0.05, 0.1) is 19.6 Å². The van der Waals surface area contributed by atoms with E-state index in [0.29, 0.717) is 5.56 Å². The van der Waals surface area contributed by atoms with E-state index in [1.165, 1.54) is 43.3 Å². The summed E-state index contributed by atoms with van der Waals surface area (Å²) >= 11 is 0. The Labute approximate surface area is 149 Å². The van der Waals surface area contributed by atoms with Crippen LogP contribution in [0.15, 0.2) is 24.3 Å². The second-order valence-electron chi connectivity index (χ2n) is 4.95. The highest BCUT2D eigenvalue weighted by molar-refractivity contribution is 5.89. The minimum Gasteiger partial charge on any atom is -0.493 e. The second-order valence-corrected chi connectivity index (χ2v) is 4.95. The van der Waals surface area contributed by atoms with Crippen molar-refractivity contribution in [3.8, 4) is 17.6 Å². The molecule has 1 aromatic rings. The standard InChI is InChI=1S/C17H18F2N2O5/c1-21(9-3-8-20)15(22)11-25-16(23)7-5-12-4-6-13(26-17(18)19)14(10-12)24-2/h4-7,10,17H,3,9,11H2,1-2H3/b7-5+. The number of carbonyl (C=O) groups excluding carboxylic acids is 2. The molecule has 0 fully saturated rings. The summed E-state index contributed by atoms with van der Waals surface area (Å²) in [5, 5.41) is 8.45. The van der Waals surface area contributed by atoms with Gasteiger partial charge in [-0.2, -0.15) is 14.0 Å². The van der Waals surface area contributed by atoms with E-state index >= 15 is 0 Å². The number of likely N-dealkylation sites (N-methyl/N-ethyl adjacent to an activating group) is 1. The minimum absolute atomic E-state index is 0.0788. The first-order valence-corrected chi connectivity index (χ1v) is 7.46. The highest BCUT2D eigenvalue weighted by Gasteiger charge is 2.12. The van der Waals surface area contributed by atoms with E-state index in [2.05, 4.69) is 4.74 Å². The number of ether oxygens (including phenoxy) is 3. The summed E-state index contributed by atoms with van der Waals surface area (Å²) < 4.78 is 38.6. The molecule has 0 N–H and O–H groups in total. The molecule has 0 aliphatic carbocycles. The van der Waals surface area contributed by atoms with Gasteiger partial charge in [0.25, 0.3) is 5.91 Å². The number of esters is 1. The van der Waals surface area contributed by atoms with E-state index in [1.54, 1.807) is 0 Å². The lowest BCUT2D eigenvalue weighted by Gasteiger charge is -2.14. The quantitative estimate of drug-likeness (QED) is 0.491. The Bertz CT molecular complexity index is 701. The van der Waals surface area contributed by atoms with Crippen molar-refractivity contribution in [3.63, 3.8) is 0 Å². The number of benzene rings is 1. The zero-order valence-corrected chi connectivity index (χ0v) is 14.3. The van der Waals surface area contributed by atoms with Crippen LogP contribution in [0.1, 0.15) is 12.0 Å². The van der Waals surface area contributed by atoms with Crippen LogP contribution in [0.3, 0.4) is 0 Å². The fourth-order valence-electron chi connectivity index (χ4n) is 1.78. The molecule has 0 saturated carbocycles. The van der Waals surface area contributed by atoms with E-state index in [-0.39, 0.29) is 24.5 Å². The number of methoxy groups -OCH3 is 1. The van der Waals surface area contributed by atoms with Crippen molar-refractivity contribution in [1.29, 1.82) is 5.26 Å². The third kappa shape index (κ3) is 7.17. The number of amides is 1. The van der Waals surface area contributed by atoms with Gasteiger partial charge < -0.3 is 19.1 Å². The van der Waals surface area contributed by atoms with Gasteiger partial charge in [-0.1, -0.05) is 6.07 Å². The molecule has 1 amide bonds. The van der Waals surface area contributed by atoms with Crippen LogP contribution in [0.25, 0.3) is 6.08 Å². The van der Waals surface area contributed by atoms with Crippen LogP contribution in [0.4, 0.5) is 8.78 Å². The molecule has 0 heterocycles. The maximum atomic E-state index is 12.3. The van der Waals surface area contributed by atoms with Gasteiger partial charge in [0, 0.05) is 19.7 Å². The summed E-state index contributed by atoms with van der Waals surface area (Å²) in [6.07, 6.45) is 2.65. The summed E-state index contributed by atoms with van der Waals surface area (Å²) in [6.45, 7) is -3.19. The topological polar surface area (TPSA) is 88.9 Å². The SMILES string of the molecule is COc1cc(/C=C/C(=O)OCC(=O)N(C)CCC#N)ccc1OC(F)F. The highest BCUT2D eigenvalue weighted by atomic mass is 19.3. The van der Waals surface area contributed by atoms with Gasteiger partial charge in [-0.15, -0.1) is 0 Å². The maximum Gasteiger partial charge on any atom is 0.387 e. The first-order chi connectivity index (χ1) is 12.4. The van der Waals surface area contributed by atoms with Crippen molar-refractivity contribution < 1.29 is 32.6 Å². The smallest absolute Gasteiger partial charge is 0.387 e. The third-order valence-electron chi connectivity index (χ3n) is 3.14. The predicted molar refractivity (Wildman–Crippen MR) is 87.5 cm³/mol. The Hall–Kier alpha value is -3.15. The minimum atomic E-state index is -2.98. The molecule has 0 atom stereocenters. The lowest BCUT2D eigenvalue weighted by Crippen LogP contribution is -2.31. The van der Waals surface area contributed by atoms with Gasteiger partial charge in [-0.3, -0.25) is 4.79 Å². The zero-order chi connectivity index (χ0) is 19.5. The summed E-state index contributed by atoms with van der Waals surface area (Å²) in [7, 11) is 2.79. The average molecular weight is 368 g/mol. The predicted octanol–water partition coefficient (Wildman–Crippen LogP) is 2.23. The molecule has 0 radical (unpaired) electrons. The Morgan fingerprint density at radius 1 is 1.35 bits per heavy atom. The van der Waals surface area contributed by atoms with Crippen LogP contribution in [-0.4, -0.2) is 50.7 Å². The summed E-state index contributed by atoms with van der Waals surface area (Å²) in [5.41, 5.74) is 0.484. The Balaban J connectivity index is 2.60. The van der Waals surface area contributed by atoms with Gasteiger partial charge in [0.15, 0.2) is 18.1 Å². The molecule has 0 saturated heterocycles. The molecular weight excluding hydrogens is 350 g/mol.